The first-order valence-corrected chi connectivity index (χ1v) is 12.1. The first-order valence-electron chi connectivity index (χ1n) is 10.6. The van der Waals surface area contributed by atoms with E-state index in [1.807, 2.05) is 20.8 Å². The lowest BCUT2D eigenvalue weighted by atomic mass is 10.0. The average Bonchev–Trinajstić information content (AvgIpc) is 2.75. The zero-order valence-electron chi connectivity index (χ0n) is 18.3. The third kappa shape index (κ3) is 4.33. The second kappa shape index (κ2) is 8.52. The van der Waals surface area contributed by atoms with Crippen LogP contribution in [0.15, 0.2) is 56.6 Å². The van der Waals surface area contributed by atoms with Crippen LogP contribution in [0.5, 0.6) is 0 Å². The number of hydrogen-bond acceptors (Lipinski definition) is 5. The van der Waals surface area contributed by atoms with E-state index in [1.165, 1.54) is 34.6 Å². The largest absolute Gasteiger partial charge is 0.451 e. The number of rotatable bonds is 4. The zero-order chi connectivity index (χ0) is 23.0. The molecular formula is C24H26N2O5S. The molecule has 32 heavy (non-hydrogen) atoms. The van der Waals surface area contributed by atoms with E-state index in [2.05, 4.69) is 5.32 Å². The Morgan fingerprint density at radius 1 is 1.09 bits per heavy atom. The summed E-state index contributed by atoms with van der Waals surface area (Å²) in [5, 5.41) is 3.08. The van der Waals surface area contributed by atoms with Gasteiger partial charge in [0, 0.05) is 24.8 Å². The van der Waals surface area contributed by atoms with Gasteiger partial charge < -0.3 is 9.73 Å². The number of carbonyl (C=O) groups is 1. The molecule has 1 amide bonds. The molecule has 3 aromatic rings. The molecule has 2 heterocycles. The molecule has 168 valence electrons. The van der Waals surface area contributed by atoms with Gasteiger partial charge in [-0.3, -0.25) is 9.59 Å². The minimum Gasteiger partial charge on any atom is -0.451 e. The maximum atomic E-state index is 12.9. The van der Waals surface area contributed by atoms with Gasteiger partial charge in [0.05, 0.1) is 10.3 Å². The van der Waals surface area contributed by atoms with E-state index in [9.17, 15) is 18.0 Å². The molecule has 1 aliphatic heterocycles. The van der Waals surface area contributed by atoms with Crippen LogP contribution in [0.4, 0.5) is 5.69 Å². The number of carbonyl (C=O) groups excluding carboxylic acids is 1. The summed E-state index contributed by atoms with van der Waals surface area (Å²) in [4.78, 5) is 25.3. The Kier molecular flexibility index (Phi) is 5.92. The molecule has 0 aliphatic carbocycles. The Morgan fingerprint density at radius 3 is 2.47 bits per heavy atom. The van der Waals surface area contributed by atoms with Crippen LogP contribution in [0.1, 0.15) is 41.4 Å². The van der Waals surface area contributed by atoms with Gasteiger partial charge in [-0.25, -0.2) is 8.42 Å². The summed E-state index contributed by atoms with van der Waals surface area (Å²) < 4.78 is 33.0. The molecule has 8 heteroatoms. The fraction of sp³-hybridized carbons (Fsp3) is 0.333. The third-order valence-corrected chi connectivity index (χ3v) is 7.82. The summed E-state index contributed by atoms with van der Waals surface area (Å²) in [6, 6.07) is 10.7. The molecule has 0 radical (unpaired) electrons. The lowest BCUT2D eigenvalue weighted by Crippen LogP contribution is -2.39. The van der Waals surface area contributed by atoms with Crippen molar-refractivity contribution in [3.63, 3.8) is 0 Å². The van der Waals surface area contributed by atoms with Gasteiger partial charge in [0.2, 0.25) is 10.0 Å². The molecule has 0 unspecified atom stereocenters. The van der Waals surface area contributed by atoms with Crippen molar-refractivity contribution in [3.05, 3.63) is 69.6 Å². The van der Waals surface area contributed by atoms with Gasteiger partial charge in [-0.05, 0) is 80.1 Å². The van der Waals surface area contributed by atoms with Crippen molar-refractivity contribution in [1.29, 1.82) is 0 Å². The predicted octanol–water partition coefficient (Wildman–Crippen LogP) is 4.08. The van der Waals surface area contributed by atoms with Gasteiger partial charge in [-0.2, -0.15) is 4.31 Å². The summed E-state index contributed by atoms with van der Waals surface area (Å²) >= 11 is 0. The molecule has 1 aromatic heterocycles. The smallest absolute Gasteiger partial charge is 0.291 e. The highest BCUT2D eigenvalue weighted by Gasteiger charge is 2.28. The highest BCUT2D eigenvalue weighted by atomic mass is 32.2. The maximum Gasteiger partial charge on any atom is 0.291 e. The molecule has 1 aliphatic rings. The highest BCUT2D eigenvalue weighted by Crippen LogP contribution is 2.25. The monoisotopic (exact) mass is 454 g/mol. The molecule has 0 bridgehead atoms. The van der Waals surface area contributed by atoms with Crippen LogP contribution in [0.3, 0.4) is 0 Å². The molecule has 1 N–H and O–H groups in total. The number of anilines is 1. The highest BCUT2D eigenvalue weighted by molar-refractivity contribution is 7.89. The van der Waals surface area contributed by atoms with Gasteiger partial charge in [-0.1, -0.05) is 6.92 Å². The molecule has 4 rings (SSSR count). The van der Waals surface area contributed by atoms with E-state index in [-0.39, 0.29) is 16.1 Å². The van der Waals surface area contributed by atoms with E-state index < -0.39 is 15.9 Å². The van der Waals surface area contributed by atoms with Crippen LogP contribution in [-0.4, -0.2) is 31.7 Å². The summed E-state index contributed by atoms with van der Waals surface area (Å²) in [6.45, 7) is 6.89. The number of benzene rings is 2. The van der Waals surface area contributed by atoms with E-state index in [0.29, 0.717) is 35.7 Å². The number of amides is 1. The number of sulfonamides is 1. The lowest BCUT2D eigenvalue weighted by Gasteiger charge is -2.30. The zero-order valence-corrected chi connectivity index (χ0v) is 19.2. The maximum absolute atomic E-state index is 12.9. The Hall–Kier alpha value is -2.97. The van der Waals surface area contributed by atoms with Crippen LogP contribution in [0, 0.1) is 19.8 Å². The number of piperidine rings is 1. The van der Waals surface area contributed by atoms with E-state index in [0.717, 1.165) is 24.0 Å². The van der Waals surface area contributed by atoms with Gasteiger partial charge in [0.15, 0.2) is 11.2 Å². The summed E-state index contributed by atoms with van der Waals surface area (Å²) in [5.41, 5.74) is 2.39. The molecule has 7 nitrogen and oxygen atoms in total. The molecule has 1 fully saturated rings. The van der Waals surface area contributed by atoms with Gasteiger partial charge in [0.1, 0.15) is 5.58 Å². The molecule has 0 saturated carbocycles. The average molecular weight is 455 g/mol. The Morgan fingerprint density at radius 2 is 1.78 bits per heavy atom. The lowest BCUT2D eigenvalue weighted by molar-refractivity contribution is 0.0997. The summed E-state index contributed by atoms with van der Waals surface area (Å²) in [7, 11) is -3.57. The Balaban J connectivity index is 1.54. The van der Waals surface area contributed by atoms with Crippen LogP contribution in [-0.2, 0) is 10.0 Å². The predicted molar refractivity (Wildman–Crippen MR) is 124 cm³/mol. The number of fused-ring (bicyclic) bond motifs is 1. The normalized spacial score (nSPS) is 17.4. The first kappa shape index (κ1) is 22.2. The SMILES string of the molecule is Cc1cc2oc(C(=O)Nc3ccc(S(=O)(=O)N4CCC[C@H](C)C4)cc3)cc(=O)c2cc1C. The molecule has 1 saturated heterocycles. The summed E-state index contributed by atoms with van der Waals surface area (Å²) in [6.07, 6.45) is 1.88. The van der Waals surface area contributed by atoms with E-state index >= 15 is 0 Å². The fourth-order valence-corrected chi connectivity index (χ4v) is 5.54. The van der Waals surface area contributed by atoms with Crippen molar-refractivity contribution >= 4 is 32.6 Å². The van der Waals surface area contributed by atoms with Gasteiger partial charge in [0.25, 0.3) is 5.91 Å². The van der Waals surface area contributed by atoms with Crippen LogP contribution >= 0.6 is 0 Å². The van der Waals surface area contributed by atoms with Crippen LogP contribution in [0.25, 0.3) is 11.0 Å². The Bertz CT molecular complexity index is 1340. The van der Waals surface area contributed by atoms with Gasteiger partial charge >= 0.3 is 0 Å². The molecule has 2 aromatic carbocycles. The molecule has 1 atom stereocenters. The van der Waals surface area contributed by atoms with Crippen molar-refractivity contribution < 1.29 is 17.6 Å². The number of hydrogen-bond donors (Lipinski definition) is 1. The Labute approximate surface area is 187 Å². The number of nitrogens with one attached hydrogen (secondary N) is 1. The van der Waals surface area contributed by atoms with E-state index in [4.69, 9.17) is 4.42 Å². The second-order valence-corrected chi connectivity index (χ2v) is 10.4. The minimum absolute atomic E-state index is 0.107. The van der Waals surface area contributed by atoms with E-state index in [1.54, 1.807) is 12.1 Å². The van der Waals surface area contributed by atoms with Crippen molar-refractivity contribution in [3.8, 4) is 0 Å². The molecular weight excluding hydrogens is 428 g/mol. The summed E-state index contributed by atoms with van der Waals surface area (Å²) in [5.74, 6) is -0.353. The number of nitrogens with zero attached hydrogens (tertiary/aromatic N) is 1. The van der Waals surface area contributed by atoms with Crippen molar-refractivity contribution in [2.45, 2.75) is 38.5 Å². The van der Waals surface area contributed by atoms with Crippen molar-refractivity contribution in [1.82, 2.24) is 4.31 Å². The minimum atomic E-state index is -3.57. The fourth-order valence-electron chi connectivity index (χ4n) is 3.94. The quantitative estimate of drug-likeness (QED) is 0.641. The third-order valence-electron chi connectivity index (χ3n) is 5.94. The standard InChI is InChI=1S/C24H26N2O5S/c1-15-5-4-10-26(14-15)32(29,30)19-8-6-18(7-9-19)25-24(28)23-13-21(27)20-11-16(2)17(3)12-22(20)31-23/h6-9,11-13,15H,4-5,10,14H2,1-3H3,(H,25,28)/t15-/m0/s1. The number of aryl methyl sites for hydroxylation is 2. The van der Waals surface area contributed by atoms with Crippen molar-refractivity contribution in [2.75, 3.05) is 18.4 Å². The topological polar surface area (TPSA) is 96.7 Å². The van der Waals surface area contributed by atoms with Gasteiger partial charge in [-0.15, -0.1) is 0 Å². The first-order chi connectivity index (χ1) is 15.1. The van der Waals surface area contributed by atoms with Crippen molar-refractivity contribution in [2.24, 2.45) is 5.92 Å². The molecule has 0 spiro atoms. The van der Waals surface area contributed by atoms with Crippen LogP contribution < -0.4 is 10.7 Å². The second-order valence-electron chi connectivity index (χ2n) is 8.50. The van der Waals surface area contributed by atoms with Crippen LogP contribution in [0.2, 0.25) is 0 Å².